The highest BCUT2D eigenvalue weighted by Crippen LogP contribution is 2.31. The molecule has 196 valence electrons. The summed E-state index contributed by atoms with van der Waals surface area (Å²) in [5.74, 6) is 5.29. The van der Waals surface area contributed by atoms with Crippen molar-refractivity contribution in [2.45, 2.75) is 25.6 Å². The standard InChI is InChI=1S/C27H27Cl2N7O2/c1-18(34(17-25(37)32-30)27(38)35(31)15-19-7-11-22(28)12-8-19)36-16-24(20-5-3-2-4-6-20)26(33-36)21-9-13-23(29)14-10-21/h2-14,18,24,30H,15-17,31H2,1H3/t18?,24-/m1/s1. The summed E-state index contributed by atoms with van der Waals surface area (Å²) in [7, 11) is 0. The highest BCUT2D eigenvalue weighted by molar-refractivity contribution is 6.31. The first kappa shape index (κ1) is 27.3. The van der Waals surface area contributed by atoms with Crippen LogP contribution < -0.4 is 5.84 Å². The number of carbonyl (C=O) groups is 2. The normalized spacial score (nSPS) is 15.5. The van der Waals surface area contributed by atoms with Crippen molar-refractivity contribution in [1.29, 1.82) is 5.53 Å². The van der Waals surface area contributed by atoms with Gasteiger partial charge in [0, 0.05) is 16.0 Å². The van der Waals surface area contributed by atoms with Crippen molar-refractivity contribution in [2.24, 2.45) is 16.1 Å². The number of rotatable bonds is 8. The molecule has 1 aliphatic heterocycles. The Morgan fingerprint density at radius 3 is 2.26 bits per heavy atom. The van der Waals surface area contributed by atoms with Gasteiger partial charge in [-0.2, -0.15) is 5.10 Å². The molecule has 0 bridgehead atoms. The third kappa shape index (κ3) is 6.36. The molecule has 9 nitrogen and oxygen atoms in total. The van der Waals surface area contributed by atoms with E-state index in [1.165, 1.54) is 4.90 Å². The minimum atomic E-state index is -0.772. The number of carbonyl (C=O) groups excluding carboxylic acids is 2. The van der Waals surface area contributed by atoms with Crippen molar-refractivity contribution in [3.05, 3.63) is 106 Å². The molecule has 1 aliphatic rings. The molecule has 0 fully saturated rings. The van der Waals surface area contributed by atoms with E-state index in [-0.39, 0.29) is 12.5 Å². The number of benzene rings is 3. The number of nitrogens with one attached hydrogen (secondary N) is 1. The van der Waals surface area contributed by atoms with Crippen LogP contribution in [-0.4, -0.2) is 51.8 Å². The first-order valence-corrected chi connectivity index (χ1v) is 12.7. The minimum Gasteiger partial charge on any atom is -0.292 e. The molecule has 3 aromatic carbocycles. The Labute approximate surface area is 230 Å². The first-order valence-electron chi connectivity index (χ1n) is 11.9. The zero-order chi connectivity index (χ0) is 27.2. The molecule has 0 spiro atoms. The lowest BCUT2D eigenvalue weighted by Crippen LogP contribution is -2.55. The summed E-state index contributed by atoms with van der Waals surface area (Å²) in [6, 6.07) is 23.7. The van der Waals surface area contributed by atoms with E-state index in [1.807, 2.05) is 42.5 Å². The summed E-state index contributed by atoms with van der Waals surface area (Å²) in [4.78, 5) is 26.9. The number of nitrogens with zero attached hydrogens (tertiary/aromatic N) is 5. The molecule has 0 aromatic heterocycles. The number of hydrazine groups is 1. The lowest BCUT2D eigenvalue weighted by molar-refractivity contribution is -0.120. The van der Waals surface area contributed by atoms with Gasteiger partial charge in [-0.25, -0.2) is 16.2 Å². The van der Waals surface area contributed by atoms with Crippen LogP contribution in [0.25, 0.3) is 0 Å². The average molecular weight is 552 g/mol. The van der Waals surface area contributed by atoms with E-state index in [9.17, 15) is 9.59 Å². The fraction of sp³-hybridized carbons (Fsp3) is 0.222. The zero-order valence-corrected chi connectivity index (χ0v) is 22.2. The van der Waals surface area contributed by atoms with Gasteiger partial charge < -0.3 is 0 Å². The monoisotopic (exact) mass is 551 g/mol. The molecular formula is C27H27Cl2N7O2. The van der Waals surface area contributed by atoms with E-state index >= 15 is 0 Å². The molecule has 0 aliphatic carbocycles. The van der Waals surface area contributed by atoms with Crippen LogP contribution >= 0.6 is 23.2 Å². The molecule has 2 atom stereocenters. The van der Waals surface area contributed by atoms with Crippen molar-refractivity contribution in [3.8, 4) is 0 Å². The number of hydrogen-bond acceptors (Lipinski definition) is 6. The van der Waals surface area contributed by atoms with E-state index in [0.29, 0.717) is 16.6 Å². The minimum absolute atomic E-state index is 0.0867. The van der Waals surface area contributed by atoms with Crippen molar-refractivity contribution in [1.82, 2.24) is 14.9 Å². The van der Waals surface area contributed by atoms with Gasteiger partial charge in [0.1, 0.15) is 12.7 Å². The van der Waals surface area contributed by atoms with Gasteiger partial charge in [0.2, 0.25) is 0 Å². The molecule has 1 heterocycles. The second kappa shape index (κ2) is 12.2. The maximum Gasteiger partial charge on any atom is 0.336 e. The Kier molecular flexibility index (Phi) is 8.73. The fourth-order valence-corrected chi connectivity index (χ4v) is 4.56. The van der Waals surface area contributed by atoms with Crippen LogP contribution in [0.4, 0.5) is 4.79 Å². The third-order valence-corrected chi connectivity index (χ3v) is 6.85. The molecule has 3 aromatic rings. The van der Waals surface area contributed by atoms with Crippen LogP contribution in [-0.2, 0) is 11.3 Å². The quantitative estimate of drug-likeness (QED) is 0.166. The van der Waals surface area contributed by atoms with Crippen molar-refractivity contribution >= 4 is 40.9 Å². The number of hydrazone groups is 1. The van der Waals surface area contributed by atoms with Gasteiger partial charge in [-0.05, 0) is 47.9 Å². The topological polar surface area (TPSA) is 118 Å². The van der Waals surface area contributed by atoms with Gasteiger partial charge in [-0.15, -0.1) is 5.11 Å². The van der Waals surface area contributed by atoms with Gasteiger partial charge in [0.25, 0.3) is 5.91 Å². The number of amides is 3. The van der Waals surface area contributed by atoms with Crippen LogP contribution in [0.1, 0.15) is 29.5 Å². The maximum atomic E-state index is 13.5. The summed E-state index contributed by atoms with van der Waals surface area (Å²) in [6.07, 6.45) is -0.666. The van der Waals surface area contributed by atoms with Crippen molar-refractivity contribution < 1.29 is 9.59 Å². The van der Waals surface area contributed by atoms with E-state index in [2.05, 4.69) is 5.11 Å². The van der Waals surface area contributed by atoms with E-state index < -0.39 is 24.6 Å². The lowest BCUT2D eigenvalue weighted by atomic mass is 9.90. The van der Waals surface area contributed by atoms with Crippen molar-refractivity contribution in [3.63, 3.8) is 0 Å². The second-order valence-corrected chi connectivity index (χ2v) is 9.75. The molecule has 4 rings (SSSR count). The van der Waals surface area contributed by atoms with Gasteiger partial charge >= 0.3 is 6.03 Å². The molecule has 0 saturated heterocycles. The van der Waals surface area contributed by atoms with Gasteiger partial charge in [0.15, 0.2) is 0 Å². The first-order chi connectivity index (χ1) is 18.3. The Balaban J connectivity index is 1.62. The molecule has 0 radical (unpaired) electrons. The van der Waals surface area contributed by atoms with E-state index in [1.54, 1.807) is 48.3 Å². The van der Waals surface area contributed by atoms with Crippen LogP contribution in [0, 0.1) is 5.53 Å². The summed E-state index contributed by atoms with van der Waals surface area (Å²) in [5, 5.41) is 11.8. The van der Waals surface area contributed by atoms with Crippen LogP contribution in [0.2, 0.25) is 10.0 Å². The predicted octanol–water partition coefficient (Wildman–Crippen LogP) is 5.50. The number of hydrogen-bond donors (Lipinski definition) is 2. The number of urea groups is 1. The van der Waals surface area contributed by atoms with Gasteiger partial charge in [-0.3, -0.25) is 19.7 Å². The molecule has 3 N–H and O–H groups in total. The Morgan fingerprint density at radius 1 is 1.05 bits per heavy atom. The Morgan fingerprint density at radius 2 is 1.66 bits per heavy atom. The SMILES string of the molecule is CC(N1C[C@H](c2ccccc2)C(c2ccc(Cl)cc2)=N1)N(CC(=O)N=N)C(=O)N(N)Cc1ccc(Cl)cc1. The third-order valence-electron chi connectivity index (χ3n) is 6.35. The Bertz CT molecular complexity index is 1320. The molecule has 11 heteroatoms. The molecular weight excluding hydrogens is 525 g/mol. The summed E-state index contributed by atoms with van der Waals surface area (Å²) in [6.45, 7) is 1.90. The van der Waals surface area contributed by atoms with E-state index in [4.69, 9.17) is 39.7 Å². The van der Waals surface area contributed by atoms with Gasteiger partial charge in [-0.1, -0.05) is 77.8 Å². The van der Waals surface area contributed by atoms with E-state index in [0.717, 1.165) is 27.4 Å². The van der Waals surface area contributed by atoms with Gasteiger partial charge in [0.05, 0.1) is 18.8 Å². The predicted molar refractivity (Wildman–Crippen MR) is 147 cm³/mol. The maximum absolute atomic E-state index is 13.5. The van der Waals surface area contributed by atoms with Crippen LogP contribution in [0.3, 0.4) is 0 Å². The molecule has 0 saturated carbocycles. The summed E-state index contributed by atoms with van der Waals surface area (Å²) >= 11 is 12.1. The fourth-order valence-electron chi connectivity index (χ4n) is 4.31. The molecule has 3 amide bonds. The zero-order valence-electron chi connectivity index (χ0n) is 20.7. The number of halogens is 2. The molecule has 38 heavy (non-hydrogen) atoms. The van der Waals surface area contributed by atoms with Crippen molar-refractivity contribution in [2.75, 3.05) is 13.1 Å². The summed E-state index contributed by atoms with van der Waals surface area (Å²) in [5.41, 5.74) is 10.7. The number of nitrogens with two attached hydrogens (primary N) is 1. The second-order valence-electron chi connectivity index (χ2n) is 8.88. The summed E-state index contributed by atoms with van der Waals surface area (Å²) < 4.78 is 0. The smallest absolute Gasteiger partial charge is 0.292 e. The molecule has 1 unspecified atom stereocenters. The highest BCUT2D eigenvalue weighted by atomic mass is 35.5. The largest absolute Gasteiger partial charge is 0.336 e. The van der Waals surface area contributed by atoms with Crippen LogP contribution in [0.5, 0.6) is 0 Å². The highest BCUT2D eigenvalue weighted by Gasteiger charge is 2.36. The Hall–Kier alpha value is -3.79. The average Bonchev–Trinajstić information content (AvgIpc) is 3.38. The lowest BCUT2D eigenvalue weighted by Gasteiger charge is -2.35. The van der Waals surface area contributed by atoms with Crippen LogP contribution in [0.15, 0.2) is 89.1 Å².